The van der Waals surface area contributed by atoms with E-state index in [1.54, 1.807) is 12.1 Å². The average molecular weight is 333 g/mol. The third kappa shape index (κ3) is 3.03. The van der Waals surface area contributed by atoms with Gasteiger partial charge in [0.1, 0.15) is 11.9 Å². The van der Waals surface area contributed by atoms with E-state index in [2.05, 4.69) is 21.2 Å². The monoisotopic (exact) mass is 332 g/mol. The number of rotatable bonds is 2. The van der Waals surface area contributed by atoms with Crippen molar-refractivity contribution in [2.24, 2.45) is 0 Å². The van der Waals surface area contributed by atoms with E-state index in [-0.39, 0.29) is 17.2 Å². The summed E-state index contributed by atoms with van der Waals surface area (Å²) in [6.07, 6.45) is 0. The number of halogens is 2. The third-order valence-electron chi connectivity index (χ3n) is 2.72. The standard InChI is InChI=1S/C15H10BrFN2O/c1-9-2-4-13(16)12(6-9)15(20)19-14-5-3-11(17)7-10(14)8-18/h2-7H,1H3,(H,19,20). The maximum atomic E-state index is 13.0. The molecular weight excluding hydrogens is 323 g/mol. The van der Waals surface area contributed by atoms with E-state index in [4.69, 9.17) is 5.26 Å². The van der Waals surface area contributed by atoms with Gasteiger partial charge in [0.05, 0.1) is 16.8 Å². The van der Waals surface area contributed by atoms with Crippen LogP contribution in [0.3, 0.4) is 0 Å². The van der Waals surface area contributed by atoms with Gasteiger partial charge in [-0.15, -0.1) is 0 Å². The van der Waals surface area contributed by atoms with Crippen molar-refractivity contribution in [2.75, 3.05) is 5.32 Å². The van der Waals surface area contributed by atoms with Crippen LogP contribution in [-0.2, 0) is 0 Å². The highest BCUT2D eigenvalue weighted by atomic mass is 79.9. The van der Waals surface area contributed by atoms with Crippen LogP contribution in [0, 0.1) is 24.1 Å². The molecule has 0 radical (unpaired) electrons. The Labute approximate surface area is 124 Å². The Morgan fingerprint density at radius 2 is 2.05 bits per heavy atom. The fraction of sp³-hybridized carbons (Fsp3) is 0.0667. The third-order valence-corrected chi connectivity index (χ3v) is 3.41. The molecule has 20 heavy (non-hydrogen) atoms. The molecule has 5 heteroatoms. The molecule has 100 valence electrons. The summed E-state index contributed by atoms with van der Waals surface area (Å²) in [5.74, 6) is -0.875. The lowest BCUT2D eigenvalue weighted by atomic mass is 10.1. The summed E-state index contributed by atoms with van der Waals surface area (Å²) in [5, 5.41) is 11.6. The van der Waals surface area contributed by atoms with Gasteiger partial charge in [-0.25, -0.2) is 4.39 Å². The number of amides is 1. The molecule has 0 atom stereocenters. The Morgan fingerprint density at radius 3 is 2.75 bits per heavy atom. The van der Waals surface area contributed by atoms with Gasteiger partial charge in [-0.05, 0) is 53.2 Å². The van der Waals surface area contributed by atoms with E-state index in [1.807, 2.05) is 19.1 Å². The number of nitrogens with zero attached hydrogens (tertiary/aromatic N) is 1. The number of carbonyl (C=O) groups is 1. The number of nitrogens with one attached hydrogen (secondary N) is 1. The molecule has 0 aromatic heterocycles. The van der Waals surface area contributed by atoms with Gasteiger partial charge in [0.15, 0.2) is 0 Å². The van der Waals surface area contributed by atoms with E-state index in [0.29, 0.717) is 10.0 Å². The van der Waals surface area contributed by atoms with Crippen LogP contribution in [0.4, 0.5) is 10.1 Å². The molecule has 0 spiro atoms. The molecule has 0 unspecified atom stereocenters. The molecule has 2 rings (SSSR count). The second-order valence-corrected chi connectivity index (χ2v) is 5.09. The van der Waals surface area contributed by atoms with E-state index in [9.17, 15) is 9.18 Å². The fourth-order valence-corrected chi connectivity index (χ4v) is 2.15. The summed E-state index contributed by atoms with van der Waals surface area (Å²) in [5.41, 5.74) is 1.77. The average Bonchev–Trinajstić information content (AvgIpc) is 2.43. The summed E-state index contributed by atoms with van der Waals surface area (Å²) in [4.78, 5) is 12.2. The smallest absolute Gasteiger partial charge is 0.256 e. The van der Waals surface area contributed by atoms with Crippen LogP contribution in [0.15, 0.2) is 40.9 Å². The lowest BCUT2D eigenvalue weighted by molar-refractivity contribution is 0.102. The minimum atomic E-state index is -0.517. The minimum absolute atomic E-state index is 0.0853. The maximum Gasteiger partial charge on any atom is 0.256 e. The number of carbonyl (C=O) groups excluding carboxylic acids is 1. The molecule has 0 aliphatic heterocycles. The van der Waals surface area contributed by atoms with E-state index in [1.165, 1.54) is 12.1 Å². The van der Waals surface area contributed by atoms with Gasteiger partial charge in [-0.3, -0.25) is 4.79 Å². The van der Waals surface area contributed by atoms with Crippen LogP contribution >= 0.6 is 15.9 Å². The maximum absolute atomic E-state index is 13.0. The highest BCUT2D eigenvalue weighted by Crippen LogP contribution is 2.21. The number of aryl methyl sites for hydroxylation is 1. The lowest BCUT2D eigenvalue weighted by Gasteiger charge is -2.09. The summed E-state index contributed by atoms with van der Waals surface area (Å²) < 4.78 is 13.7. The van der Waals surface area contributed by atoms with Crippen molar-refractivity contribution >= 4 is 27.5 Å². The zero-order valence-corrected chi connectivity index (χ0v) is 12.2. The van der Waals surface area contributed by atoms with Crippen molar-refractivity contribution in [3.05, 3.63) is 63.4 Å². The molecule has 1 N–H and O–H groups in total. The normalized spacial score (nSPS) is 9.90. The van der Waals surface area contributed by atoms with Crippen molar-refractivity contribution in [3.8, 4) is 6.07 Å². The first-order valence-electron chi connectivity index (χ1n) is 5.78. The quantitative estimate of drug-likeness (QED) is 0.902. The zero-order chi connectivity index (χ0) is 14.7. The van der Waals surface area contributed by atoms with Crippen molar-refractivity contribution < 1.29 is 9.18 Å². The molecule has 2 aromatic rings. The molecule has 0 fully saturated rings. The van der Waals surface area contributed by atoms with Crippen LogP contribution in [0.5, 0.6) is 0 Å². The lowest BCUT2D eigenvalue weighted by Crippen LogP contribution is -2.13. The zero-order valence-electron chi connectivity index (χ0n) is 10.6. The second kappa shape index (κ2) is 5.85. The number of anilines is 1. The summed E-state index contributed by atoms with van der Waals surface area (Å²) >= 11 is 3.31. The molecule has 2 aromatic carbocycles. The first kappa shape index (κ1) is 14.2. The van der Waals surface area contributed by atoms with E-state index >= 15 is 0 Å². The SMILES string of the molecule is Cc1ccc(Br)c(C(=O)Nc2ccc(F)cc2C#N)c1. The molecule has 0 saturated heterocycles. The number of benzene rings is 2. The van der Waals surface area contributed by atoms with Crippen LogP contribution in [-0.4, -0.2) is 5.91 Å². The Morgan fingerprint density at radius 1 is 1.30 bits per heavy atom. The Hall–Kier alpha value is -2.19. The Kier molecular flexibility index (Phi) is 4.16. The Bertz CT molecular complexity index is 722. The minimum Gasteiger partial charge on any atom is -0.321 e. The molecule has 0 heterocycles. The van der Waals surface area contributed by atoms with E-state index < -0.39 is 5.82 Å². The van der Waals surface area contributed by atoms with Crippen molar-refractivity contribution in [1.29, 1.82) is 5.26 Å². The van der Waals surface area contributed by atoms with Gasteiger partial charge in [0, 0.05) is 4.47 Å². The first-order valence-corrected chi connectivity index (χ1v) is 6.57. The van der Waals surface area contributed by atoms with Gasteiger partial charge >= 0.3 is 0 Å². The topological polar surface area (TPSA) is 52.9 Å². The van der Waals surface area contributed by atoms with Crippen LogP contribution in [0.1, 0.15) is 21.5 Å². The van der Waals surface area contributed by atoms with Crippen LogP contribution in [0.2, 0.25) is 0 Å². The number of hydrogen-bond donors (Lipinski definition) is 1. The fourth-order valence-electron chi connectivity index (χ4n) is 1.72. The summed E-state index contributed by atoms with van der Waals surface area (Å²) in [6.45, 7) is 1.88. The molecular formula is C15H10BrFN2O. The van der Waals surface area contributed by atoms with Crippen LogP contribution < -0.4 is 5.32 Å². The highest BCUT2D eigenvalue weighted by Gasteiger charge is 2.13. The first-order chi connectivity index (χ1) is 9.51. The van der Waals surface area contributed by atoms with Gasteiger partial charge in [0.25, 0.3) is 5.91 Å². The summed E-state index contributed by atoms with van der Waals surface area (Å²) in [6, 6.07) is 10.9. The molecule has 1 amide bonds. The molecule has 0 aliphatic carbocycles. The van der Waals surface area contributed by atoms with Crippen molar-refractivity contribution in [2.45, 2.75) is 6.92 Å². The van der Waals surface area contributed by atoms with E-state index in [0.717, 1.165) is 11.6 Å². The van der Waals surface area contributed by atoms with Gasteiger partial charge in [0.2, 0.25) is 0 Å². The van der Waals surface area contributed by atoms with Crippen molar-refractivity contribution in [3.63, 3.8) is 0 Å². The molecule has 3 nitrogen and oxygen atoms in total. The van der Waals surface area contributed by atoms with Gasteiger partial charge in [-0.2, -0.15) is 5.26 Å². The highest BCUT2D eigenvalue weighted by molar-refractivity contribution is 9.10. The second-order valence-electron chi connectivity index (χ2n) is 4.24. The molecule has 0 saturated carbocycles. The van der Waals surface area contributed by atoms with Gasteiger partial charge < -0.3 is 5.32 Å². The molecule has 0 bridgehead atoms. The van der Waals surface area contributed by atoms with Gasteiger partial charge in [-0.1, -0.05) is 11.6 Å². The molecule has 0 aliphatic rings. The number of nitriles is 1. The van der Waals surface area contributed by atoms with Crippen molar-refractivity contribution in [1.82, 2.24) is 0 Å². The predicted molar refractivity (Wildman–Crippen MR) is 77.9 cm³/mol. The summed E-state index contributed by atoms with van der Waals surface area (Å²) in [7, 11) is 0. The predicted octanol–water partition coefficient (Wildman–Crippen LogP) is 4.02. The largest absolute Gasteiger partial charge is 0.321 e. The Balaban J connectivity index is 2.33. The number of hydrogen-bond acceptors (Lipinski definition) is 2. The van der Waals surface area contributed by atoms with Crippen LogP contribution in [0.25, 0.3) is 0 Å².